The first-order chi connectivity index (χ1) is 9.56. The Labute approximate surface area is 117 Å². The van der Waals surface area contributed by atoms with Crippen LogP contribution >= 0.6 is 0 Å². The minimum absolute atomic E-state index is 0.203. The lowest BCUT2D eigenvalue weighted by Gasteiger charge is -2.30. The van der Waals surface area contributed by atoms with Gasteiger partial charge in [-0.05, 0) is 30.5 Å². The highest BCUT2D eigenvalue weighted by molar-refractivity contribution is 5.87. The van der Waals surface area contributed by atoms with Crippen molar-refractivity contribution in [2.75, 3.05) is 13.1 Å². The molecule has 0 saturated carbocycles. The predicted molar refractivity (Wildman–Crippen MR) is 72.5 cm³/mol. The molecule has 0 aromatic heterocycles. The van der Waals surface area contributed by atoms with Crippen molar-refractivity contribution < 1.29 is 19.8 Å². The fraction of sp³-hybridized carbons (Fsp3) is 0.429. The van der Waals surface area contributed by atoms with E-state index in [-0.39, 0.29) is 11.6 Å². The lowest BCUT2D eigenvalue weighted by molar-refractivity contribution is 0.0697. The Hall–Kier alpha value is -2.08. The first-order valence-corrected chi connectivity index (χ1v) is 6.59. The number of benzene rings is 1. The topological polar surface area (TPSA) is 89.9 Å². The van der Waals surface area contributed by atoms with E-state index in [9.17, 15) is 14.7 Å². The van der Waals surface area contributed by atoms with E-state index in [2.05, 4.69) is 5.32 Å². The largest absolute Gasteiger partial charge is 0.478 e. The lowest BCUT2D eigenvalue weighted by Crippen LogP contribution is -2.46. The van der Waals surface area contributed by atoms with E-state index in [0.29, 0.717) is 19.6 Å². The van der Waals surface area contributed by atoms with Gasteiger partial charge in [0.2, 0.25) is 0 Å². The van der Waals surface area contributed by atoms with Gasteiger partial charge in [0, 0.05) is 19.6 Å². The Morgan fingerprint density at radius 1 is 1.30 bits per heavy atom. The number of aliphatic hydroxyl groups excluding tert-OH is 1. The molecule has 1 aliphatic heterocycles. The van der Waals surface area contributed by atoms with Crippen LogP contribution in [0.1, 0.15) is 28.8 Å². The Bertz CT molecular complexity index is 486. The van der Waals surface area contributed by atoms with Gasteiger partial charge in [-0.3, -0.25) is 0 Å². The molecular formula is C14H18N2O4. The minimum Gasteiger partial charge on any atom is -0.478 e. The number of hydrogen-bond acceptors (Lipinski definition) is 3. The van der Waals surface area contributed by atoms with Crippen molar-refractivity contribution in [1.82, 2.24) is 10.2 Å². The molecule has 1 aromatic rings. The fourth-order valence-corrected chi connectivity index (χ4v) is 2.19. The zero-order valence-corrected chi connectivity index (χ0v) is 11.1. The summed E-state index contributed by atoms with van der Waals surface area (Å²) in [6.07, 6.45) is 1.10. The number of carboxylic acid groups (broad SMARTS) is 1. The molecule has 1 unspecified atom stereocenters. The van der Waals surface area contributed by atoms with Crippen LogP contribution in [0.5, 0.6) is 0 Å². The number of nitrogens with zero attached hydrogens (tertiary/aromatic N) is 1. The Morgan fingerprint density at radius 2 is 2.00 bits per heavy atom. The van der Waals surface area contributed by atoms with Crippen molar-refractivity contribution in [3.8, 4) is 0 Å². The maximum atomic E-state index is 11.9. The van der Waals surface area contributed by atoms with Gasteiger partial charge in [0.05, 0.1) is 11.7 Å². The number of carbonyl (C=O) groups excluding carboxylic acids is 1. The molecule has 2 rings (SSSR count). The smallest absolute Gasteiger partial charge is 0.335 e. The van der Waals surface area contributed by atoms with Gasteiger partial charge in [0.1, 0.15) is 0 Å². The van der Waals surface area contributed by atoms with Gasteiger partial charge in [-0.25, -0.2) is 9.59 Å². The average molecular weight is 278 g/mol. The summed E-state index contributed by atoms with van der Waals surface area (Å²) in [7, 11) is 0. The van der Waals surface area contributed by atoms with Gasteiger partial charge in [-0.15, -0.1) is 0 Å². The number of amides is 2. The summed E-state index contributed by atoms with van der Waals surface area (Å²) >= 11 is 0. The predicted octanol–water partition coefficient (Wildman–Crippen LogP) is 1.05. The van der Waals surface area contributed by atoms with Crippen LogP contribution in [-0.2, 0) is 6.54 Å². The highest BCUT2D eigenvalue weighted by Gasteiger charge is 2.21. The maximum absolute atomic E-state index is 11.9. The zero-order valence-electron chi connectivity index (χ0n) is 11.1. The van der Waals surface area contributed by atoms with Crippen molar-refractivity contribution in [2.24, 2.45) is 0 Å². The molecule has 0 radical (unpaired) electrons. The third kappa shape index (κ3) is 3.71. The van der Waals surface area contributed by atoms with E-state index in [0.717, 1.165) is 18.4 Å². The van der Waals surface area contributed by atoms with Crippen LogP contribution in [0, 0.1) is 0 Å². The number of rotatable bonds is 3. The molecule has 0 spiro atoms. The molecule has 1 fully saturated rings. The number of hydrogen-bond donors (Lipinski definition) is 3. The summed E-state index contributed by atoms with van der Waals surface area (Å²) in [6, 6.07) is 6.16. The van der Waals surface area contributed by atoms with Gasteiger partial charge in [-0.2, -0.15) is 0 Å². The molecule has 6 heteroatoms. The zero-order chi connectivity index (χ0) is 14.5. The number of likely N-dealkylation sites (tertiary alicyclic amines) is 1. The van der Waals surface area contributed by atoms with Crippen molar-refractivity contribution in [3.05, 3.63) is 35.4 Å². The van der Waals surface area contributed by atoms with Crippen molar-refractivity contribution in [3.63, 3.8) is 0 Å². The molecule has 0 aliphatic carbocycles. The average Bonchev–Trinajstić information content (AvgIpc) is 2.45. The Balaban J connectivity index is 1.85. The molecule has 1 aliphatic rings. The van der Waals surface area contributed by atoms with Gasteiger partial charge >= 0.3 is 12.0 Å². The second kappa shape index (κ2) is 6.38. The van der Waals surface area contributed by atoms with Crippen LogP contribution in [0.2, 0.25) is 0 Å². The van der Waals surface area contributed by atoms with Crippen LogP contribution in [0.4, 0.5) is 4.79 Å². The molecule has 2 amide bonds. The quantitative estimate of drug-likeness (QED) is 0.771. The first-order valence-electron chi connectivity index (χ1n) is 6.59. The van der Waals surface area contributed by atoms with Crippen LogP contribution in [0.15, 0.2) is 24.3 Å². The number of piperidine rings is 1. The summed E-state index contributed by atoms with van der Waals surface area (Å²) in [5.41, 5.74) is 1.06. The second-order valence-corrected chi connectivity index (χ2v) is 4.90. The van der Waals surface area contributed by atoms with Crippen LogP contribution in [0.3, 0.4) is 0 Å². The summed E-state index contributed by atoms with van der Waals surface area (Å²) < 4.78 is 0. The number of aliphatic hydroxyl groups is 1. The molecule has 108 valence electrons. The summed E-state index contributed by atoms with van der Waals surface area (Å²) in [5.74, 6) is -0.970. The van der Waals surface area contributed by atoms with Crippen molar-refractivity contribution in [1.29, 1.82) is 0 Å². The third-order valence-corrected chi connectivity index (χ3v) is 3.33. The number of aromatic carboxylic acids is 1. The minimum atomic E-state index is -0.970. The number of β-amino-alcohol motifs (C(OH)–C–C–N with tert-alkyl or cyclic N) is 1. The van der Waals surface area contributed by atoms with E-state index in [1.807, 2.05) is 0 Å². The summed E-state index contributed by atoms with van der Waals surface area (Å²) in [6.45, 7) is 1.36. The van der Waals surface area contributed by atoms with Crippen molar-refractivity contribution >= 4 is 12.0 Å². The van der Waals surface area contributed by atoms with E-state index in [1.54, 1.807) is 17.0 Å². The molecule has 1 heterocycles. The number of urea groups is 1. The highest BCUT2D eigenvalue weighted by Crippen LogP contribution is 2.10. The molecule has 0 bridgehead atoms. The molecule has 6 nitrogen and oxygen atoms in total. The molecule has 1 atom stereocenters. The normalized spacial score (nSPS) is 18.6. The molecule has 1 saturated heterocycles. The van der Waals surface area contributed by atoms with Gasteiger partial charge < -0.3 is 20.4 Å². The van der Waals surface area contributed by atoms with E-state index in [1.165, 1.54) is 12.1 Å². The van der Waals surface area contributed by atoms with Gasteiger partial charge in [0.15, 0.2) is 0 Å². The Kier molecular flexibility index (Phi) is 4.57. The second-order valence-electron chi connectivity index (χ2n) is 4.90. The monoisotopic (exact) mass is 278 g/mol. The van der Waals surface area contributed by atoms with Gasteiger partial charge in [-0.1, -0.05) is 12.1 Å². The molecular weight excluding hydrogens is 260 g/mol. The Morgan fingerprint density at radius 3 is 2.60 bits per heavy atom. The lowest BCUT2D eigenvalue weighted by atomic mass is 10.1. The molecule has 3 N–H and O–H groups in total. The highest BCUT2D eigenvalue weighted by atomic mass is 16.4. The number of carboxylic acids is 1. The standard InChI is InChI=1S/C14H18N2O4/c17-12-2-1-7-16(9-12)14(20)15-8-10-3-5-11(6-4-10)13(18)19/h3-6,12,17H,1-2,7-9H2,(H,15,20)(H,18,19). The van der Waals surface area contributed by atoms with Crippen LogP contribution in [0.25, 0.3) is 0 Å². The van der Waals surface area contributed by atoms with E-state index >= 15 is 0 Å². The van der Waals surface area contributed by atoms with Crippen LogP contribution < -0.4 is 5.32 Å². The summed E-state index contributed by atoms with van der Waals surface area (Å²) in [4.78, 5) is 24.2. The first kappa shape index (κ1) is 14.3. The maximum Gasteiger partial charge on any atom is 0.335 e. The van der Waals surface area contributed by atoms with Gasteiger partial charge in [0.25, 0.3) is 0 Å². The van der Waals surface area contributed by atoms with Crippen molar-refractivity contribution in [2.45, 2.75) is 25.5 Å². The molecule has 20 heavy (non-hydrogen) atoms. The van der Waals surface area contributed by atoms with E-state index in [4.69, 9.17) is 5.11 Å². The fourth-order valence-electron chi connectivity index (χ4n) is 2.19. The van der Waals surface area contributed by atoms with Crippen LogP contribution in [-0.4, -0.2) is 46.3 Å². The molecule has 1 aromatic carbocycles. The summed E-state index contributed by atoms with van der Waals surface area (Å²) in [5, 5.41) is 21.1. The number of carbonyl (C=O) groups is 2. The van der Waals surface area contributed by atoms with E-state index < -0.39 is 12.1 Å². The SMILES string of the molecule is O=C(O)c1ccc(CNC(=O)N2CCCC(O)C2)cc1. The number of nitrogens with one attached hydrogen (secondary N) is 1. The third-order valence-electron chi connectivity index (χ3n) is 3.33.